The Labute approximate surface area is 146 Å². The number of hydrogen-bond donors (Lipinski definition) is 0. The highest BCUT2D eigenvalue weighted by molar-refractivity contribution is 5.93. The van der Waals surface area contributed by atoms with Gasteiger partial charge in [-0.1, -0.05) is 0 Å². The molecule has 2 aromatic rings. The van der Waals surface area contributed by atoms with Crippen LogP contribution in [0.2, 0.25) is 0 Å². The molecule has 0 unspecified atom stereocenters. The summed E-state index contributed by atoms with van der Waals surface area (Å²) in [6.07, 6.45) is 7.95. The van der Waals surface area contributed by atoms with Gasteiger partial charge in [0.05, 0.1) is 17.9 Å². The summed E-state index contributed by atoms with van der Waals surface area (Å²) in [5.74, 6) is 1.65. The maximum Gasteiger partial charge on any atom is 0.324 e. The molecule has 0 spiro atoms. The van der Waals surface area contributed by atoms with Gasteiger partial charge in [0, 0.05) is 57.1 Å². The molecule has 3 aliphatic rings. The number of carbonyl (C=O) groups is 1. The van der Waals surface area contributed by atoms with Crippen LogP contribution in [0.1, 0.15) is 30.5 Å². The van der Waals surface area contributed by atoms with E-state index in [0.29, 0.717) is 12.0 Å². The second-order valence-electron chi connectivity index (χ2n) is 7.17. The lowest BCUT2D eigenvalue weighted by Gasteiger charge is -2.40. The summed E-state index contributed by atoms with van der Waals surface area (Å²) < 4.78 is 1.97. The molecule has 2 aliphatic heterocycles. The van der Waals surface area contributed by atoms with Gasteiger partial charge in [-0.3, -0.25) is 9.58 Å². The smallest absolute Gasteiger partial charge is 0.324 e. The van der Waals surface area contributed by atoms with Crippen molar-refractivity contribution in [3.63, 3.8) is 0 Å². The van der Waals surface area contributed by atoms with Crippen molar-refractivity contribution in [2.75, 3.05) is 43.0 Å². The number of nitrogens with zero attached hydrogens (tertiary/aromatic N) is 7. The lowest BCUT2D eigenvalue weighted by atomic mass is 10.1. The number of rotatable bonds is 4. The summed E-state index contributed by atoms with van der Waals surface area (Å²) in [7, 11) is 1.83. The zero-order chi connectivity index (χ0) is 17.0. The van der Waals surface area contributed by atoms with Gasteiger partial charge in [-0.15, -0.1) is 0 Å². The summed E-state index contributed by atoms with van der Waals surface area (Å²) in [5, 5.41) is 4.47. The highest BCUT2D eigenvalue weighted by Gasteiger charge is 2.33. The Morgan fingerprint density at radius 2 is 2.00 bits per heavy atom. The van der Waals surface area contributed by atoms with Crippen LogP contribution in [0, 0.1) is 0 Å². The van der Waals surface area contributed by atoms with E-state index in [9.17, 15) is 4.79 Å². The minimum absolute atomic E-state index is 0.0448. The van der Waals surface area contributed by atoms with Crippen LogP contribution in [-0.4, -0.2) is 63.9 Å². The van der Waals surface area contributed by atoms with Crippen LogP contribution >= 0.6 is 0 Å². The maximum absolute atomic E-state index is 12.1. The molecule has 0 atom stereocenters. The molecule has 1 aliphatic carbocycles. The fourth-order valence-electron chi connectivity index (χ4n) is 3.50. The first-order valence-electron chi connectivity index (χ1n) is 8.83. The van der Waals surface area contributed by atoms with Crippen LogP contribution in [0.25, 0.3) is 0 Å². The minimum atomic E-state index is 0.0448. The molecule has 2 aromatic heterocycles. The molecule has 0 aromatic carbocycles. The van der Waals surface area contributed by atoms with Crippen LogP contribution in [0.3, 0.4) is 0 Å². The predicted molar refractivity (Wildman–Crippen MR) is 92.9 cm³/mol. The van der Waals surface area contributed by atoms with E-state index in [4.69, 9.17) is 0 Å². The zero-order valence-electron chi connectivity index (χ0n) is 14.2. The molecular formula is C17H21N7O. The number of amides is 2. The number of carbonyl (C=O) groups excluding carboxylic acids is 1. The number of urea groups is 1. The van der Waals surface area contributed by atoms with Crippen molar-refractivity contribution in [2.45, 2.75) is 24.8 Å². The first kappa shape index (κ1) is 14.7. The third-order valence-corrected chi connectivity index (χ3v) is 5.35. The zero-order valence-corrected chi connectivity index (χ0v) is 14.2. The molecular weight excluding hydrogens is 318 g/mol. The summed E-state index contributed by atoms with van der Waals surface area (Å²) in [6, 6.07) is 2.49. The summed E-state index contributed by atoms with van der Waals surface area (Å²) in [4.78, 5) is 26.7. The van der Waals surface area contributed by atoms with Crippen LogP contribution in [0.5, 0.6) is 0 Å². The minimum Gasteiger partial charge on any atom is -0.352 e. The first-order valence-corrected chi connectivity index (χ1v) is 8.83. The van der Waals surface area contributed by atoms with E-state index in [2.05, 4.69) is 26.0 Å². The Morgan fingerprint density at radius 3 is 2.72 bits per heavy atom. The van der Waals surface area contributed by atoms with E-state index in [1.807, 2.05) is 17.9 Å². The topological polar surface area (TPSA) is 70.4 Å². The molecule has 8 heteroatoms. The molecule has 0 radical (unpaired) electrons. The Kier molecular flexibility index (Phi) is 3.19. The van der Waals surface area contributed by atoms with Crippen molar-refractivity contribution >= 4 is 17.5 Å². The average Bonchev–Trinajstić information content (AvgIpc) is 3.25. The van der Waals surface area contributed by atoms with Crippen LogP contribution < -0.4 is 9.80 Å². The Morgan fingerprint density at radius 1 is 1.16 bits per heavy atom. The quantitative estimate of drug-likeness (QED) is 0.844. The first-order chi connectivity index (χ1) is 12.2. The van der Waals surface area contributed by atoms with E-state index in [-0.39, 0.29) is 6.03 Å². The van der Waals surface area contributed by atoms with E-state index >= 15 is 0 Å². The Bertz CT molecular complexity index is 809. The van der Waals surface area contributed by atoms with Gasteiger partial charge in [-0.25, -0.2) is 14.8 Å². The molecule has 4 heterocycles. The average molecular weight is 339 g/mol. The van der Waals surface area contributed by atoms with E-state index in [1.54, 1.807) is 22.3 Å². The number of likely N-dealkylation sites (N-methyl/N-ethyl adjacent to an activating group) is 1. The molecule has 2 saturated heterocycles. The van der Waals surface area contributed by atoms with Crippen LogP contribution in [0.4, 0.5) is 16.3 Å². The van der Waals surface area contributed by atoms with E-state index in [1.165, 1.54) is 18.5 Å². The number of hydrogen-bond acceptors (Lipinski definition) is 5. The van der Waals surface area contributed by atoms with E-state index < -0.39 is 0 Å². The van der Waals surface area contributed by atoms with Crippen molar-refractivity contribution in [2.24, 2.45) is 0 Å². The molecule has 3 fully saturated rings. The normalized spacial score (nSPS) is 21.2. The van der Waals surface area contributed by atoms with Gasteiger partial charge in [0.25, 0.3) is 0 Å². The summed E-state index contributed by atoms with van der Waals surface area (Å²) in [6.45, 7) is 3.26. The Balaban J connectivity index is 1.25. The molecule has 0 bridgehead atoms. The fourth-order valence-corrected chi connectivity index (χ4v) is 3.50. The summed E-state index contributed by atoms with van der Waals surface area (Å²) in [5.41, 5.74) is 2.05. The van der Waals surface area contributed by atoms with Crippen molar-refractivity contribution in [1.29, 1.82) is 0 Å². The third-order valence-electron chi connectivity index (χ3n) is 5.35. The highest BCUT2D eigenvalue weighted by atomic mass is 16.2. The molecule has 8 nitrogen and oxygen atoms in total. The SMILES string of the molecule is CN1CCN(c2cnn(C3CN(c4cc(C5CC5)ncn4)C3)c2)C1=O. The van der Waals surface area contributed by atoms with Gasteiger partial charge in [-0.2, -0.15) is 5.10 Å². The third kappa shape index (κ3) is 2.52. The van der Waals surface area contributed by atoms with Crippen molar-refractivity contribution < 1.29 is 4.79 Å². The van der Waals surface area contributed by atoms with Gasteiger partial charge in [0.15, 0.2) is 0 Å². The molecule has 0 N–H and O–H groups in total. The highest BCUT2D eigenvalue weighted by Crippen LogP contribution is 2.40. The van der Waals surface area contributed by atoms with Gasteiger partial charge >= 0.3 is 6.03 Å². The van der Waals surface area contributed by atoms with Gasteiger partial charge in [0.1, 0.15) is 12.1 Å². The van der Waals surface area contributed by atoms with Gasteiger partial charge in [-0.05, 0) is 12.8 Å². The van der Waals surface area contributed by atoms with Crippen molar-refractivity contribution in [3.05, 3.63) is 30.5 Å². The van der Waals surface area contributed by atoms with Crippen LogP contribution in [-0.2, 0) is 0 Å². The lowest BCUT2D eigenvalue weighted by molar-refractivity contribution is 0.229. The predicted octanol–water partition coefficient (Wildman–Crippen LogP) is 1.48. The summed E-state index contributed by atoms with van der Waals surface area (Å²) >= 11 is 0. The second-order valence-corrected chi connectivity index (χ2v) is 7.17. The standard InChI is InChI=1S/C17H21N7O/c1-21-4-5-23(17(21)25)13-7-20-24(10-13)14-8-22(9-14)16-6-15(12-2-3-12)18-11-19-16/h6-7,10-12,14H,2-5,8-9H2,1H3. The second kappa shape index (κ2) is 5.44. The largest absolute Gasteiger partial charge is 0.352 e. The number of anilines is 2. The van der Waals surface area contributed by atoms with Gasteiger partial charge in [0.2, 0.25) is 0 Å². The molecule has 1 saturated carbocycles. The van der Waals surface area contributed by atoms with Crippen molar-refractivity contribution in [1.82, 2.24) is 24.6 Å². The Hall–Kier alpha value is -2.64. The monoisotopic (exact) mass is 339 g/mol. The number of aromatic nitrogens is 4. The van der Waals surface area contributed by atoms with E-state index in [0.717, 1.165) is 37.7 Å². The maximum atomic E-state index is 12.1. The molecule has 2 amide bonds. The molecule has 25 heavy (non-hydrogen) atoms. The van der Waals surface area contributed by atoms with Crippen molar-refractivity contribution in [3.8, 4) is 0 Å². The fraction of sp³-hybridized carbons (Fsp3) is 0.529. The molecule has 5 rings (SSSR count). The van der Waals surface area contributed by atoms with Crippen LogP contribution in [0.15, 0.2) is 24.8 Å². The lowest BCUT2D eigenvalue weighted by Crippen LogP contribution is -2.48. The molecule has 130 valence electrons. The van der Waals surface area contributed by atoms with Gasteiger partial charge < -0.3 is 9.80 Å².